The molecule has 3 aromatic rings. The fraction of sp³-hybridized carbons (Fsp3) is 0.300. The van der Waals surface area contributed by atoms with Crippen LogP contribution in [0.15, 0.2) is 55.0 Å². The summed E-state index contributed by atoms with van der Waals surface area (Å²) >= 11 is 0. The molecule has 0 radical (unpaired) electrons. The van der Waals surface area contributed by atoms with Crippen molar-refractivity contribution in [2.24, 2.45) is 0 Å². The minimum atomic E-state index is -4.45. The highest BCUT2D eigenvalue weighted by Crippen LogP contribution is 2.33. The van der Waals surface area contributed by atoms with Crippen molar-refractivity contribution in [3.63, 3.8) is 0 Å². The van der Waals surface area contributed by atoms with Gasteiger partial charge in [-0.05, 0) is 49.9 Å². The molecule has 1 aromatic carbocycles. The number of para-hydroxylation sites is 1. The Morgan fingerprint density at radius 3 is 2.37 bits per heavy atom. The summed E-state index contributed by atoms with van der Waals surface area (Å²) in [5.74, 6) is -0.0589. The van der Waals surface area contributed by atoms with Crippen LogP contribution in [0.25, 0.3) is 5.69 Å². The highest BCUT2D eigenvalue weighted by Gasteiger charge is 2.37. The number of nitrogens with zero attached hydrogens (tertiary/aromatic N) is 4. The number of hydrogen-bond donors (Lipinski definition) is 2. The van der Waals surface area contributed by atoms with E-state index in [1.807, 2.05) is 0 Å². The van der Waals surface area contributed by atoms with E-state index in [2.05, 4.69) is 25.8 Å². The summed E-state index contributed by atoms with van der Waals surface area (Å²) in [5.41, 5.74) is -0.699. The average molecular weight is 416 g/mol. The molecule has 0 unspecified atom stereocenters. The third-order valence-corrected chi connectivity index (χ3v) is 5.05. The lowest BCUT2D eigenvalue weighted by atomic mass is 10.1. The summed E-state index contributed by atoms with van der Waals surface area (Å²) in [6.45, 7) is 0. The van der Waals surface area contributed by atoms with Crippen molar-refractivity contribution in [1.29, 1.82) is 0 Å². The van der Waals surface area contributed by atoms with Crippen molar-refractivity contribution in [1.82, 2.24) is 25.3 Å². The van der Waals surface area contributed by atoms with Gasteiger partial charge in [0.15, 0.2) is 0 Å². The molecular weight excluding hydrogens is 397 g/mol. The van der Waals surface area contributed by atoms with Gasteiger partial charge >= 0.3 is 6.18 Å². The number of halogens is 3. The summed E-state index contributed by atoms with van der Waals surface area (Å²) in [6, 6.07) is 9.18. The Morgan fingerprint density at radius 1 is 1.03 bits per heavy atom. The third-order valence-electron chi connectivity index (χ3n) is 5.05. The van der Waals surface area contributed by atoms with Crippen LogP contribution in [0.3, 0.4) is 0 Å². The number of pyridine rings is 1. The summed E-state index contributed by atoms with van der Waals surface area (Å²) < 4.78 is 38.4. The molecule has 0 bridgehead atoms. The molecule has 0 spiro atoms. The zero-order chi connectivity index (χ0) is 21.2. The Bertz CT molecular complexity index is 1010. The molecular formula is C20H19F3N6O. The predicted molar refractivity (Wildman–Crippen MR) is 103 cm³/mol. The van der Waals surface area contributed by atoms with Crippen molar-refractivity contribution in [2.45, 2.75) is 37.5 Å². The van der Waals surface area contributed by atoms with E-state index in [1.54, 1.807) is 24.3 Å². The van der Waals surface area contributed by atoms with Gasteiger partial charge in [-0.3, -0.25) is 4.79 Å². The molecule has 2 aromatic heterocycles. The largest absolute Gasteiger partial charge is 0.417 e. The van der Waals surface area contributed by atoms with Gasteiger partial charge in [-0.1, -0.05) is 12.1 Å². The van der Waals surface area contributed by atoms with E-state index in [9.17, 15) is 18.0 Å². The standard InChI is InChI=1S/C20H19F3N6O/c21-20(22,23)14-7-8-17(24-13-14)27-19(9-3-4-10-19)28-18(30)15-5-1-2-6-16(15)29-25-11-12-26-29/h1-2,5-8,11-13H,3-4,9-10H2,(H,24,27)(H,28,30). The third kappa shape index (κ3) is 4.12. The first-order chi connectivity index (χ1) is 14.4. The molecule has 30 heavy (non-hydrogen) atoms. The van der Waals surface area contributed by atoms with Gasteiger partial charge in [0.25, 0.3) is 5.91 Å². The van der Waals surface area contributed by atoms with Crippen LogP contribution >= 0.6 is 0 Å². The normalized spacial score (nSPS) is 15.7. The van der Waals surface area contributed by atoms with Gasteiger partial charge in [-0.2, -0.15) is 28.2 Å². The number of benzene rings is 1. The zero-order valence-corrected chi connectivity index (χ0v) is 15.9. The number of anilines is 1. The average Bonchev–Trinajstić information content (AvgIpc) is 3.40. The van der Waals surface area contributed by atoms with Crippen LogP contribution in [-0.4, -0.2) is 31.5 Å². The molecule has 2 heterocycles. The van der Waals surface area contributed by atoms with Gasteiger partial charge in [0, 0.05) is 6.20 Å². The summed E-state index contributed by atoms with van der Waals surface area (Å²) in [4.78, 5) is 18.4. The van der Waals surface area contributed by atoms with Crippen LogP contribution in [0, 0.1) is 0 Å². The first kappa shape index (κ1) is 19.9. The number of rotatable bonds is 5. The molecule has 4 rings (SSSR count). The molecule has 0 aliphatic heterocycles. The van der Waals surface area contributed by atoms with Gasteiger partial charge in [0.2, 0.25) is 0 Å². The van der Waals surface area contributed by atoms with E-state index in [0.29, 0.717) is 24.1 Å². The lowest BCUT2D eigenvalue weighted by molar-refractivity contribution is -0.137. The Hall–Kier alpha value is -3.43. The van der Waals surface area contributed by atoms with Crippen molar-refractivity contribution in [3.05, 3.63) is 66.1 Å². The fourth-order valence-corrected chi connectivity index (χ4v) is 3.61. The molecule has 7 nitrogen and oxygen atoms in total. The molecule has 1 aliphatic carbocycles. The van der Waals surface area contributed by atoms with Crippen LogP contribution < -0.4 is 10.6 Å². The van der Waals surface area contributed by atoms with E-state index in [0.717, 1.165) is 25.1 Å². The van der Waals surface area contributed by atoms with Crippen molar-refractivity contribution in [2.75, 3.05) is 5.32 Å². The summed E-state index contributed by atoms with van der Waals surface area (Å²) in [7, 11) is 0. The molecule has 0 saturated heterocycles. The Kier molecular flexibility index (Phi) is 5.15. The molecule has 0 atom stereocenters. The first-order valence-corrected chi connectivity index (χ1v) is 9.46. The molecule has 1 amide bonds. The van der Waals surface area contributed by atoms with Crippen molar-refractivity contribution >= 4 is 11.7 Å². The summed E-state index contributed by atoms with van der Waals surface area (Å²) in [6.07, 6.45) is 2.37. The smallest absolute Gasteiger partial charge is 0.348 e. The quantitative estimate of drug-likeness (QED) is 0.618. The maximum absolute atomic E-state index is 13.1. The highest BCUT2D eigenvalue weighted by molar-refractivity contribution is 5.98. The predicted octanol–water partition coefficient (Wildman–Crippen LogP) is 3.79. The van der Waals surface area contributed by atoms with Crippen LogP contribution in [0.5, 0.6) is 0 Å². The van der Waals surface area contributed by atoms with Crippen LogP contribution in [-0.2, 0) is 6.18 Å². The Morgan fingerprint density at radius 2 is 1.73 bits per heavy atom. The second-order valence-corrected chi connectivity index (χ2v) is 7.13. The zero-order valence-electron chi connectivity index (χ0n) is 15.9. The minimum Gasteiger partial charge on any atom is -0.348 e. The second kappa shape index (κ2) is 7.77. The molecule has 156 valence electrons. The lowest BCUT2D eigenvalue weighted by Gasteiger charge is -2.32. The lowest BCUT2D eigenvalue weighted by Crippen LogP contribution is -2.52. The maximum Gasteiger partial charge on any atom is 0.417 e. The number of carbonyl (C=O) groups is 1. The SMILES string of the molecule is O=C(NC1(Nc2ccc(C(F)(F)F)cn2)CCCC1)c1ccccc1-n1nccn1. The Labute approximate surface area is 170 Å². The second-order valence-electron chi connectivity index (χ2n) is 7.13. The fourth-order valence-electron chi connectivity index (χ4n) is 3.61. The van der Waals surface area contributed by atoms with E-state index in [4.69, 9.17) is 0 Å². The molecule has 1 saturated carbocycles. The van der Waals surface area contributed by atoms with Gasteiger partial charge in [-0.25, -0.2) is 4.98 Å². The van der Waals surface area contributed by atoms with Gasteiger partial charge in [0.1, 0.15) is 11.5 Å². The topological polar surface area (TPSA) is 84.7 Å². The number of nitrogens with one attached hydrogen (secondary N) is 2. The Balaban J connectivity index is 1.56. The monoisotopic (exact) mass is 416 g/mol. The molecule has 10 heteroatoms. The van der Waals surface area contributed by atoms with Crippen LogP contribution in [0.2, 0.25) is 0 Å². The van der Waals surface area contributed by atoms with Gasteiger partial charge in [-0.15, -0.1) is 0 Å². The summed E-state index contributed by atoms with van der Waals surface area (Å²) in [5, 5.41) is 14.3. The minimum absolute atomic E-state index is 0.271. The van der Waals surface area contributed by atoms with Crippen LogP contribution in [0.4, 0.5) is 19.0 Å². The molecule has 2 N–H and O–H groups in total. The van der Waals surface area contributed by atoms with Crippen molar-refractivity contribution in [3.8, 4) is 5.69 Å². The van der Waals surface area contributed by atoms with Gasteiger partial charge in [0.05, 0.1) is 29.2 Å². The number of aromatic nitrogens is 4. The van der Waals surface area contributed by atoms with E-state index < -0.39 is 17.4 Å². The van der Waals surface area contributed by atoms with Gasteiger partial charge < -0.3 is 10.6 Å². The first-order valence-electron chi connectivity index (χ1n) is 9.46. The number of amides is 1. The number of alkyl halides is 3. The molecule has 1 aliphatic rings. The van der Waals surface area contributed by atoms with Crippen LogP contribution in [0.1, 0.15) is 41.6 Å². The van der Waals surface area contributed by atoms with E-state index in [-0.39, 0.29) is 11.7 Å². The van der Waals surface area contributed by atoms with E-state index >= 15 is 0 Å². The van der Waals surface area contributed by atoms with Crippen molar-refractivity contribution < 1.29 is 18.0 Å². The number of carbonyl (C=O) groups excluding carboxylic acids is 1. The number of hydrogen-bond acceptors (Lipinski definition) is 5. The van der Waals surface area contributed by atoms with E-state index in [1.165, 1.54) is 23.3 Å². The maximum atomic E-state index is 13.1. The highest BCUT2D eigenvalue weighted by atomic mass is 19.4. The molecule has 1 fully saturated rings.